The number of hydrogen-bond donors (Lipinski definition) is 2. The molecule has 0 aromatic carbocycles. The van der Waals surface area contributed by atoms with Gasteiger partial charge in [-0.05, 0) is 43.7 Å². The van der Waals surface area contributed by atoms with E-state index in [-0.39, 0.29) is 6.04 Å². The Bertz CT molecular complexity index is 534. The van der Waals surface area contributed by atoms with Gasteiger partial charge in [0.15, 0.2) is 0 Å². The standard InChI is InChI=1S/C13H22N2O2S3/c1-3-5-14-8-12-10(2)7-13(19-12)20(16,17)15-11-4-6-18-9-11/h7,11,14-15H,3-6,8-9H2,1-2H3. The van der Waals surface area contributed by atoms with Gasteiger partial charge in [-0.15, -0.1) is 11.3 Å². The normalized spacial score (nSPS) is 19.6. The topological polar surface area (TPSA) is 58.2 Å². The largest absolute Gasteiger partial charge is 0.312 e. The maximum absolute atomic E-state index is 12.4. The molecule has 1 atom stereocenters. The number of thiophene rings is 1. The molecule has 0 bridgehead atoms. The van der Waals surface area contributed by atoms with Gasteiger partial charge in [0.25, 0.3) is 0 Å². The Morgan fingerprint density at radius 1 is 1.45 bits per heavy atom. The van der Waals surface area contributed by atoms with Crippen molar-refractivity contribution in [2.45, 2.75) is 43.5 Å². The molecule has 1 aliphatic heterocycles. The second-order valence-electron chi connectivity index (χ2n) is 5.03. The van der Waals surface area contributed by atoms with Gasteiger partial charge in [-0.25, -0.2) is 13.1 Å². The highest BCUT2D eigenvalue weighted by atomic mass is 32.2. The minimum Gasteiger partial charge on any atom is -0.312 e. The fourth-order valence-corrected chi connectivity index (χ4v) is 6.18. The van der Waals surface area contributed by atoms with Gasteiger partial charge in [-0.1, -0.05) is 6.92 Å². The predicted octanol–water partition coefficient (Wildman–Crippen LogP) is 2.34. The summed E-state index contributed by atoms with van der Waals surface area (Å²) in [6, 6.07) is 1.88. The summed E-state index contributed by atoms with van der Waals surface area (Å²) in [4.78, 5) is 1.11. The molecule has 1 aromatic heterocycles. The highest BCUT2D eigenvalue weighted by Gasteiger charge is 2.25. The summed E-state index contributed by atoms with van der Waals surface area (Å²) in [5.41, 5.74) is 1.06. The smallest absolute Gasteiger partial charge is 0.250 e. The molecule has 0 aliphatic carbocycles. The third-order valence-electron chi connectivity index (χ3n) is 3.23. The summed E-state index contributed by atoms with van der Waals surface area (Å²) in [7, 11) is -3.35. The summed E-state index contributed by atoms with van der Waals surface area (Å²) >= 11 is 3.19. The average Bonchev–Trinajstić information content (AvgIpc) is 3.00. The van der Waals surface area contributed by atoms with Crippen LogP contribution in [0.3, 0.4) is 0 Å². The lowest BCUT2D eigenvalue weighted by molar-refractivity contribution is 0.565. The Kier molecular flexibility index (Phi) is 5.92. The monoisotopic (exact) mass is 334 g/mol. The zero-order valence-electron chi connectivity index (χ0n) is 11.9. The van der Waals surface area contributed by atoms with E-state index in [1.807, 2.05) is 6.92 Å². The summed E-state index contributed by atoms with van der Waals surface area (Å²) in [6.07, 6.45) is 2.01. The van der Waals surface area contributed by atoms with Crippen molar-refractivity contribution in [3.8, 4) is 0 Å². The van der Waals surface area contributed by atoms with Gasteiger partial charge >= 0.3 is 0 Å². The van der Waals surface area contributed by atoms with Crippen molar-refractivity contribution >= 4 is 33.1 Å². The molecule has 4 nitrogen and oxygen atoms in total. The second kappa shape index (κ2) is 7.26. The molecule has 2 heterocycles. The SMILES string of the molecule is CCCNCc1sc(S(=O)(=O)NC2CCSC2)cc1C. The predicted molar refractivity (Wildman–Crippen MR) is 87.1 cm³/mol. The lowest BCUT2D eigenvalue weighted by Crippen LogP contribution is -2.34. The van der Waals surface area contributed by atoms with Crippen LogP contribution in [0.25, 0.3) is 0 Å². The van der Waals surface area contributed by atoms with Crippen LogP contribution in [-0.4, -0.2) is 32.5 Å². The average molecular weight is 335 g/mol. The van der Waals surface area contributed by atoms with E-state index in [2.05, 4.69) is 17.0 Å². The first kappa shape index (κ1) is 16.3. The minimum atomic E-state index is -3.35. The summed E-state index contributed by atoms with van der Waals surface area (Å²) < 4.78 is 28.0. The van der Waals surface area contributed by atoms with Gasteiger partial charge in [0, 0.05) is 23.2 Å². The highest BCUT2D eigenvalue weighted by molar-refractivity contribution is 7.99. The van der Waals surface area contributed by atoms with Crippen molar-refractivity contribution in [2.24, 2.45) is 0 Å². The second-order valence-corrected chi connectivity index (χ2v) is 9.26. The molecule has 7 heteroatoms. The van der Waals surface area contributed by atoms with Crippen LogP contribution in [0.15, 0.2) is 10.3 Å². The van der Waals surface area contributed by atoms with Crippen molar-refractivity contribution in [3.63, 3.8) is 0 Å². The van der Waals surface area contributed by atoms with Gasteiger partial charge in [-0.2, -0.15) is 11.8 Å². The third kappa shape index (κ3) is 4.21. The van der Waals surface area contributed by atoms with Gasteiger partial charge in [0.2, 0.25) is 10.0 Å². The minimum absolute atomic E-state index is 0.0917. The van der Waals surface area contributed by atoms with Crippen molar-refractivity contribution in [1.82, 2.24) is 10.0 Å². The van der Waals surface area contributed by atoms with E-state index in [9.17, 15) is 8.42 Å². The van der Waals surface area contributed by atoms with Crippen molar-refractivity contribution in [3.05, 3.63) is 16.5 Å². The fraction of sp³-hybridized carbons (Fsp3) is 0.692. The van der Waals surface area contributed by atoms with Crippen LogP contribution in [0, 0.1) is 6.92 Å². The molecule has 2 N–H and O–H groups in total. The molecular formula is C13H22N2O2S3. The zero-order valence-corrected chi connectivity index (χ0v) is 14.4. The quantitative estimate of drug-likeness (QED) is 0.752. The molecule has 0 radical (unpaired) electrons. The summed E-state index contributed by atoms with van der Waals surface area (Å²) in [5.74, 6) is 1.93. The Morgan fingerprint density at radius 3 is 2.90 bits per heavy atom. The van der Waals surface area contributed by atoms with E-state index in [0.717, 1.165) is 47.9 Å². The Morgan fingerprint density at radius 2 is 2.25 bits per heavy atom. The maximum atomic E-state index is 12.4. The number of nitrogens with one attached hydrogen (secondary N) is 2. The number of aryl methyl sites for hydroxylation is 1. The first-order valence-electron chi connectivity index (χ1n) is 6.93. The molecule has 2 rings (SSSR count). The molecule has 0 saturated carbocycles. The van der Waals surface area contributed by atoms with Gasteiger partial charge < -0.3 is 5.32 Å². The van der Waals surface area contributed by atoms with Crippen LogP contribution < -0.4 is 10.0 Å². The molecule has 20 heavy (non-hydrogen) atoms. The molecule has 1 fully saturated rings. The lowest BCUT2D eigenvalue weighted by Gasteiger charge is -2.10. The lowest BCUT2D eigenvalue weighted by atomic mass is 10.3. The number of thioether (sulfide) groups is 1. The molecule has 1 saturated heterocycles. The van der Waals surface area contributed by atoms with Crippen LogP contribution in [0.2, 0.25) is 0 Å². The fourth-order valence-electron chi connectivity index (χ4n) is 2.08. The Balaban J connectivity index is 2.05. The van der Waals surface area contributed by atoms with Crippen LogP contribution in [-0.2, 0) is 16.6 Å². The molecule has 0 spiro atoms. The molecule has 1 aromatic rings. The third-order valence-corrected chi connectivity index (χ3v) is 7.62. The van der Waals surface area contributed by atoms with Gasteiger partial charge in [-0.3, -0.25) is 0 Å². The van der Waals surface area contributed by atoms with Crippen LogP contribution >= 0.6 is 23.1 Å². The molecule has 1 aliphatic rings. The molecular weight excluding hydrogens is 312 g/mol. The van der Waals surface area contributed by atoms with E-state index in [4.69, 9.17) is 0 Å². The molecule has 1 unspecified atom stereocenters. The van der Waals surface area contributed by atoms with Crippen molar-refractivity contribution < 1.29 is 8.42 Å². The maximum Gasteiger partial charge on any atom is 0.250 e. The number of hydrogen-bond acceptors (Lipinski definition) is 5. The first-order valence-corrected chi connectivity index (χ1v) is 10.4. The first-order chi connectivity index (χ1) is 9.53. The highest BCUT2D eigenvalue weighted by Crippen LogP contribution is 2.27. The van der Waals surface area contributed by atoms with Crippen LogP contribution in [0.1, 0.15) is 30.2 Å². The number of rotatable bonds is 7. The Hall–Kier alpha value is -0.0800. The zero-order chi connectivity index (χ0) is 14.6. The summed E-state index contributed by atoms with van der Waals surface area (Å²) in [5, 5.41) is 3.32. The van der Waals surface area contributed by atoms with Crippen molar-refractivity contribution in [2.75, 3.05) is 18.1 Å². The Labute approximate surface area is 129 Å². The van der Waals surface area contributed by atoms with Gasteiger partial charge in [0.05, 0.1) is 0 Å². The van der Waals surface area contributed by atoms with E-state index in [0.29, 0.717) is 4.21 Å². The number of sulfonamides is 1. The van der Waals surface area contributed by atoms with E-state index >= 15 is 0 Å². The van der Waals surface area contributed by atoms with Gasteiger partial charge in [0.1, 0.15) is 4.21 Å². The van der Waals surface area contributed by atoms with Crippen molar-refractivity contribution in [1.29, 1.82) is 0 Å². The molecule has 0 amide bonds. The summed E-state index contributed by atoms with van der Waals surface area (Å²) in [6.45, 7) is 5.80. The van der Waals surface area contributed by atoms with Crippen LogP contribution in [0.4, 0.5) is 0 Å². The van der Waals surface area contributed by atoms with Crippen LogP contribution in [0.5, 0.6) is 0 Å². The van der Waals surface area contributed by atoms with E-state index in [1.165, 1.54) is 11.3 Å². The molecule has 114 valence electrons. The van der Waals surface area contributed by atoms with E-state index in [1.54, 1.807) is 17.8 Å². The van der Waals surface area contributed by atoms with E-state index < -0.39 is 10.0 Å².